The van der Waals surface area contributed by atoms with E-state index in [1.807, 2.05) is 6.92 Å². The Bertz CT molecular complexity index is 1060. The van der Waals surface area contributed by atoms with Gasteiger partial charge in [0.1, 0.15) is 11.5 Å². The van der Waals surface area contributed by atoms with Crippen molar-refractivity contribution in [3.8, 4) is 11.5 Å². The van der Waals surface area contributed by atoms with Gasteiger partial charge < -0.3 is 24.2 Å². The first-order valence-corrected chi connectivity index (χ1v) is 11.1. The van der Waals surface area contributed by atoms with Crippen molar-refractivity contribution in [1.82, 2.24) is 4.90 Å². The van der Waals surface area contributed by atoms with Crippen molar-refractivity contribution < 1.29 is 28.9 Å². The van der Waals surface area contributed by atoms with Gasteiger partial charge in [-0.25, -0.2) is 0 Å². The molecule has 1 aliphatic heterocycles. The summed E-state index contributed by atoms with van der Waals surface area (Å²) in [7, 11) is 2.98. The summed E-state index contributed by atoms with van der Waals surface area (Å²) in [5.41, 5.74) is 0.778. The minimum atomic E-state index is -0.818. The number of hydrogen-bond acceptors (Lipinski definition) is 6. The number of ether oxygens (including phenoxy) is 3. The molecule has 0 radical (unpaired) electrons. The van der Waals surface area contributed by atoms with Crippen LogP contribution in [-0.2, 0) is 14.3 Å². The van der Waals surface area contributed by atoms with E-state index < -0.39 is 17.7 Å². The van der Waals surface area contributed by atoms with E-state index >= 15 is 0 Å². The van der Waals surface area contributed by atoms with Crippen LogP contribution in [0.25, 0.3) is 5.76 Å². The summed E-state index contributed by atoms with van der Waals surface area (Å²) >= 11 is 12.5. The van der Waals surface area contributed by atoms with Gasteiger partial charge in [0.15, 0.2) is 5.75 Å². The lowest BCUT2D eigenvalue weighted by Crippen LogP contribution is -2.31. The fourth-order valence-corrected chi connectivity index (χ4v) is 4.47. The van der Waals surface area contributed by atoms with Crippen molar-refractivity contribution in [3.05, 3.63) is 63.1 Å². The second kappa shape index (κ2) is 10.9. The summed E-state index contributed by atoms with van der Waals surface area (Å²) in [5, 5.41) is 11.5. The topological polar surface area (TPSA) is 85.3 Å². The molecule has 2 aromatic carbocycles. The molecular weight excluding hydrogens is 469 g/mol. The maximum absolute atomic E-state index is 13.1. The van der Waals surface area contributed by atoms with E-state index in [4.69, 9.17) is 37.4 Å². The summed E-state index contributed by atoms with van der Waals surface area (Å²) < 4.78 is 15.9. The third-order valence-corrected chi connectivity index (χ3v) is 5.81. The Morgan fingerprint density at radius 2 is 1.82 bits per heavy atom. The highest BCUT2D eigenvalue weighted by molar-refractivity contribution is 6.46. The molecule has 7 nitrogen and oxygen atoms in total. The van der Waals surface area contributed by atoms with Crippen LogP contribution in [0, 0.1) is 0 Å². The van der Waals surface area contributed by atoms with Gasteiger partial charge in [-0.2, -0.15) is 0 Å². The minimum Gasteiger partial charge on any atom is -0.507 e. The largest absolute Gasteiger partial charge is 0.507 e. The van der Waals surface area contributed by atoms with Gasteiger partial charge >= 0.3 is 0 Å². The number of nitrogens with zero attached hydrogens (tertiary/aromatic N) is 1. The second-order valence-electron chi connectivity index (χ2n) is 7.32. The number of carbonyl (C=O) groups is 2. The van der Waals surface area contributed by atoms with Crippen molar-refractivity contribution in [2.45, 2.75) is 19.4 Å². The van der Waals surface area contributed by atoms with Crippen molar-refractivity contribution in [2.24, 2.45) is 0 Å². The predicted molar refractivity (Wildman–Crippen MR) is 126 cm³/mol. The number of ketones is 1. The third-order valence-electron chi connectivity index (χ3n) is 5.25. The molecule has 1 N–H and O–H groups in total. The average molecular weight is 494 g/mol. The van der Waals surface area contributed by atoms with Crippen LogP contribution >= 0.6 is 23.2 Å². The van der Waals surface area contributed by atoms with Crippen molar-refractivity contribution in [3.63, 3.8) is 0 Å². The highest BCUT2D eigenvalue weighted by atomic mass is 35.5. The number of rotatable bonds is 9. The normalized spacial score (nSPS) is 17.5. The number of halogens is 2. The number of hydrogen-bond donors (Lipinski definition) is 1. The van der Waals surface area contributed by atoms with Crippen LogP contribution in [0.2, 0.25) is 10.0 Å². The van der Waals surface area contributed by atoms with Crippen LogP contribution in [0.5, 0.6) is 11.5 Å². The van der Waals surface area contributed by atoms with E-state index in [0.29, 0.717) is 30.9 Å². The zero-order valence-electron chi connectivity index (χ0n) is 18.6. The molecule has 2 aromatic rings. The zero-order valence-corrected chi connectivity index (χ0v) is 20.1. The van der Waals surface area contributed by atoms with E-state index in [0.717, 1.165) is 0 Å². The van der Waals surface area contributed by atoms with Gasteiger partial charge in [-0.05, 0) is 43.2 Å². The lowest BCUT2D eigenvalue weighted by atomic mass is 9.95. The number of benzene rings is 2. The van der Waals surface area contributed by atoms with E-state index in [9.17, 15) is 14.7 Å². The molecule has 1 amide bonds. The Balaban J connectivity index is 2.17. The molecule has 0 aliphatic carbocycles. The van der Waals surface area contributed by atoms with Crippen molar-refractivity contribution >= 4 is 40.7 Å². The lowest BCUT2D eigenvalue weighted by molar-refractivity contribution is -0.140. The molecule has 176 valence electrons. The first kappa shape index (κ1) is 24.9. The van der Waals surface area contributed by atoms with Gasteiger partial charge in [-0.15, -0.1) is 0 Å². The SMILES string of the molecule is CCOc1cccc(C2/C(=C(\O)c3cc(Cl)c(OC)c(Cl)c3)C(=O)C(=O)N2CCCOC)c1. The molecule has 1 unspecified atom stereocenters. The summed E-state index contributed by atoms with van der Waals surface area (Å²) in [6.45, 7) is 3.00. The number of aliphatic hydroxyl groups is 1. The average Bonchev–Trinajstić information content (AvgIpc) is 3.04. The Labute approximate surface area is 202 Å². The van der Waals surface area contributed by atoms with Crippen molar-refractivity contribution in [2.75, 3.05) is 34.0 Å². The number of methoxy groups -OCH3 is 2. The van der Waals surface area contributed by atoms with Crippen LogP contribution < -0.4 is 9.47 Å². The number of Topliss-reactive ketones (excluding diaryl/α,β-unsaturated/α-hetero) is 1. The fraction of sp³-hybridized carbons (Fsp3) is 0.333. The van der Waals surface area contributed by atoms with Crippen LogP contribution in [0.15, 0.2) is 42.0 Å². The number of carbonyl (C=O) groups excluding carboxylic acids is 2. The highest BCUT2D eigenvalue weighted by Crippen LogP contribution is 2.42. The van der Waals surface area contributed by atoms with E-state index in [1.165, 1.54) is 24.1 Å². The molecule has 1 atom stereocenters. The Kier molecular flexibility index (Phi) is 8.24. The van der Waals surface area contributed by atoms with Gasteiger partial charge in [0, 0.05) is 25.8 Å². The lowest BCUT2D eigenvalue weighted by Gasteiger charge is -2.25. The Morgan fingerprint density at radius 1 is 1.12 bits per heavy atom. The standard InChI is InChI=1S/C24H25Cl2NO6/c1-4-33-16-8-5-7-14(11-16)20-19(22(29)24(30)27(20)9-6-10-31-2)21(28)15-12-17(25)23(32-3)18(26)13-15/h5,7-8,11-13,20,28H,4,6,9-10H2,1-3H3/b21-19+. The van der Waals surface area contributed by atoms with Crippen molar-refractivity contribution in [1.29, 1.82) is 0 Å². The molecular formula is C24H25Cl2NO6. The molecule has 1 saturated heterocycles. The molecule has 1 fully saturated rings. The van der Waals surface area contributed by atoms with E-state index in [2.05, 4.69) is 0 Å². The maximum atomic E-state index is 13.1. The van der Waals surface area contributed by atoms with Gasteiger partial charge in [0.25, 0.3) is 11.7 Å². The smallest absolute Gasteiger partial charge is 0.295 e. The molecule has 1 aliphatic rings. The van der Waals surface area contributed by atoms with Gasteiger partial charge in [-0.1, -0.05) is 35.3 Å². The Hall–Kier alpha value is -2.74. The van der Waals surface area contributed by atoms with Crippen LogP contribution in [0.3, 0.4) is 0 Å². The summed E-state index contributed by atoms with van der Waals surface area (Å²) in [6, 6.07) is 9.15. The second-order valence-corrected chi connectivity index (χ2v) is 8.13. The molecule has 0 spiro atoms. The molecule has 3 rings (SSSR count). The van der Waals surface area contributed by atoms with Gasteiger partial charge in [0.05, 0.1) is 35.4 Å². The van der Waals surface area contributed by atoms with E-state index in [1.54, 1.807) is 31.4 Å². The monoisotopic (exact) mass is 493 g/mol. The van der Waals surface area contributed by atoms with Gasteiger partial charge in [-0.3, -0.25) is 9.59 Å². The molecule has 9 heteroatoms. The van der Waals surface area contributed by atoms with Crippen LogP contribution in [0.4, 0.5) is 0 Å². The summed E-state index contributed by atoms with van der Waals surface area (Å²) in [5.74, 6) is -1.03. The molecule has 0 saturated carbocycles. The predicted octanol–water partition coefficient (Wildman–Crippen LogP) is 4.86. The van der Waals surface area contributed by atoms with Crippen LogP contribution in [-0.4, -0.2) is 55.7 Å². The highest BCUT2D eigenvalue weighted by Gasteiger charge is 2.46. The molecule has 0 aromatic heterocycles. The molecule has 33 heavy (non-hydrogen) atoms. The minimum absolute atomic E-state index is 0.0524. The number of amides is 1. The summed E-state index contributed by atoms with van der Waals surface area (Å²) in [6.07, 6.45) is 0.519. The quantitative estimate of drug-likeness (QED) is 0.232. The third kappa shape index (κ3) is 5.11. The Morgan fingerprint density at radius 3 is 2.42 bits per heavy atom. The zero-order chi connectivity index (χ0) is 24.1. The summed E-state index contributed by atoms with van der Waals surface area (Å²) in [4.78, 5) is 27.5. The number of aliphatic hydroxyl groups excluding tert-OH is 1. The fourth-order valence-electron chi connectivity index (χ4n) is 3.82. The first-order chi connectivity index (χ1) is 15.8. The van der Waals surface area contributed by atoms with E-state index in [-0.39, 0.29) is 39.2 Å². The first-order valence-electron chi connectivity index (χ1n) is 10.4. The number of likely N-dealkylation sites (tertiary alicyclic amines) is 1. The maximum Gasteiger partial charge on any atom is 0.295 e. The van der Waals surface area contributed by atoms with Crippen LogP contribution in [0.1, 0.15) is 30.5 Å². The molecule has 1 heterocycles. The van der Waals surface area contributed by atoms with Gasteiger partial charge in [0.2, 0.25) is 0 Å². The molecule has 0 bridgehead atoms.